The molecule has 334 valence electrons. The van der Waals surface area contributed by atoms with Crippen LogP contribution in [0.3, 0.4) is 0 Å². The minimum atomic E-state index is -1.47. The van der Waals surface area contributed by atoms with Crippen LogP contribution in [0.5, 0.6) is 0 Å². The minimum absolute atomic E-state index is 0.124. The fraction of sp³-hybridized carbons (Fsp3) is 0.175. The van der Waals surface area contributed by atoms with Crippen LogP contribution < -0.4 is 10.6 Å². The van der Waals surface area contributed by atoms with E-state index in [-0.39, 0.29) is 60.0 Å². The topological polar surface area (TPSA) is 282 Å². The number of anilines is 2. The summed E-state index contributed by atoms with van der Waals surface area (Å²) in [5.74, 6) is -8.98. The molecule has 4 aromatic carbocycles. The number of imide groups is 1. The molecule has 4 amide bonds. The molecule has 0 fully saturated rings. The number of para-hydroxylation sites is 1. The van der Waals surface area contributed by atoms with Gasteiger partial charge in [-0.2, -0.15) is 0 Å². The number of hydrogen-bond donors (Lipinski definition) is 7. The lowest BCUT2D eigenvalue weighted by atomic mass is 10.1. The first-order valence-electron chi connectivity index (χ1n) is 17.4. The van der Waals surface area contributed by atoms with Crippen molar-refractivity contribution in [2.24, 2.45) is 5.92 Å². The van der Waals surface area contributed by atoms with Crippen LogP contribution in [0.2, 0.25) is 25.1 Å². The zero-order valence-electron chi connectivity index (χ0n) is 32.5. The Morgan fingerprint density at radius 1 is 0.635 bits per heavy atom. The summed E-state index contributed by atoms with van der Waals surface area (Å²) in [6, 6.07) is 16.0. The van der Waals surface area contributed by atoms with Crippen molar-refractivity contribution >= 4 is 134 Å². The van der Waals surface area contributed by atoms with Crippen molar-refractivity contribution in [3.8, 4) is 0 Å². The molecule has 0 aromatic heterocycles. The van der Waals surface area contributed by atoms with Crippen molar-refractivity contribution in [3.63, 3.8) is 0 Å². The first kappa shape index (κ1) is 53.2. The Kier molecular flexibility index (Phi) is 20.3. The smallest absolute Gasteiger partial charge is 0.338 e. The van der Waals surface area contributed by atoms with E-state index in [4.69, 9.17) is 90.0 Å². The van der Waals surface area contributed by atoms with Gasteiger partial charge in [-0.3, -0.25) is 33.7 Å². The van der Waals surface area contributed by atoms with Crippen LogP contribution in [0.15, 0.2) is 66.7 Å². The van der Waals surface area contributed by atoms with Crippen molar-refractivity contribution in [1.29, 1.82) is 0 Å². The molecule has 63 heavy (non-hydrogen) atoms. The first-order valence-corrected chi connectivity index (χ1v) is 19.8. The maximum Gasteiger partial charge on any atom is 0.338 e. The molecule has 4 aromatic rings. The molecule has 1 aliphatic rings. The van der Waals surface area contributed by atoms with E-state index in [1.165, 1.54) is 50.2 Å². The van der Waals surface area contributed by atoms with Crippen molar-refractivity contribution in [3.05, 3.63) is 125 Å². The number of halogens is 6. The van der Waals surface area contributed by atoms with Gasteiger partial charge in [-0.25, -0.2) is 14.4 Å². The standard InChI is InChI=1S/C15H8Cl5NO3.C11H9NO4.C9H8ClNO3.C5H8O4/c1-5-3-2-4-6(16)13(5)21-14(22)7-8(15(23)24)10(18)12(20)11(19)9(7)17;1-6(11(15)16)12-9(13)7-4-2-3-5-8(7)10(12)14;10-5-8(12)11-7-3-1-6(2-4-7)9(13)14;1-3(5(8)9)2-4(6)7/h2-4H,1H3,(H,21,22)(H,23,24);2-6H,1H3,(H,15,16);1-4H,5H2,(H,11,12)(H,13,14);3H,2H2,1H3,(H,6,7)(H,8,9)/t;;;3-/m...0/s1. The summed E-state index contributed by atoms with van der Waals surface area (Å²) in [5, 5.41) is 47.2. The van der Waals surface area contributed by atoms with E-state index in [2.05, 4.69) is 10.6 Å². The Bertz CT molecular complexity index is 2410. The van der Waals surface area contributed by atoms with Crippen LogP contribution in [0.25, 0.3) is 0 Å². The molecular formula is C40H33Cl6N3O14. The molecule has 7 N–H and O–H groups in total. The van der Waals surface area contributed by atoms with Gasteiger partial charge in [0, 0.05) is 5.69 Å². The Balaban J connectivity index is 0.000000306. The Hall–Kier alpha value is -5.95. The van der Waals surface area contributed by atoms with Gasteiger partial charge in [0.25, 0.3) is 17.7 Å². The van der Waals surface area contributed by atoms with E-state index in [0.29, 0.717) is 16.9 Å². The van der Waals surface area contributed by atoms with Gasteiger partial charge in [-0.1, -0.05) is 89.2 Å². The van der Waals surface area contributed by atoms with E-state index >= 15 is 0 Å². The van der Waals surface area contributed by atoms with Crippen molar-refractivity contribution in [2.75, 3.05) is 16.5 Å². The maximum absolute atomic E-state index is 12.6. The van der Waals surface area contributed by atoms with Crippen LogP contribution in [-0.2, 0) is 19.2 Å². The van der Waals surface area contributed by atoms with Crippen molar-refractivity contribution in [1.82, 2.24) is 4.90 Å². The second-order valence-corrected chi connectivity index (χ2v) is 14.8. The maximum atomic E-state index is 12.6. The third kappa shape index (κ3) is 14.3. The van der Waals surface area contributed by atoms with Crippen LogP contribution in [0.1, 0.15) is 77.6 Å². The predicted octanol–water partition coefficient (Wildman–Crippen LogP) is 8.71. The average molecular weight is 992 g/mol. The molecule has 17 nitrogen and oxygen atoms in total. The van der Waals surface area contributed by atoms with Crippen LogP contribution in [0.4, 0.5) is 11.4 Å². The van der Waals surface area contributed by atoms with Crippen molar-refractivity contribution < 1.29 is 68.7 Å². The lowest BCUT2D eigenvalue weighted by Crippen LogP contribution is -2.42. The Morgan fingerprint density at radius 2 is 1.14 bits per heavy atom. The zero-order chi connectivity index (χ0) is 48.0. The number of aromatic carboxylic acids is 2. The highest BCUT2D eigenvalue weighted by Gasteiger charge is 2.40. The van der Waals surface area contributed by atoms with Crippen LogP contribution >= 0.6 is 69.6 Å². The molecular weight excluding hydrogens is 959 g/mol. The third-order valence-electron chi connectivity index (χ3n) is 8.18. The highest BCUT2D eigenvalue weighted by Crippen LogP contribution is 2.42. The van der Waals surface area contributed by atoms with E-state index in [1.807, 2.05) is 0 Å². The Morgan fingerprint density at radius 3 is 1.54 bits per heavy atom. The van der Waals surface area contributed by atoms with E-state index in [0.717, 1.165) is 4.90 Å². The largest absolute Gasteiger partial charge is 0.481 e. The van der Waals surface area contributed by atoms with Gasteiger partial charge in [-0.15, -0.1) is 11.6 Å². The van der Waals surface area contributed by atoms with E-state index < -0.39 is 70.7 Å². The first-order chi connectivity index (χ1) is 29.4. The monoisotopic (exact) mass is 989 g/mol. The second-order valence-electron chi connectivity index (χ2n) is 12.6. The number of rotatable bonds is 11. The fourth-order valence-corrected chi connectivity index (χ4v) is 6.28. The number of alkyl halides is 1. The van der Waals surface area contributed by atoms with E-state index in [1.54, 1.807) is 37.3 Å². The molecule has 1 heterocycles. The number of amides is 4. The number of carboxylic acid groups (broad SMARTS) is 5. The molecule has 0 aliphatic carbocycles. The third-order valence-corrected chi connectivity index (χ3v) is 10.5. The van der Waals surface area contributed by atoms with Gasteiger partial charge in [0.15, 0.2) is 0 Å². The minimum Gasteiger partial charge on any atom is -0.481 e. The quantitative estimate of drug-likeness (QED) is 0.0320. The summed E-state index contributed by atoms with van der Waals surface area (Å²) in [6.45, 7) is 4.39. The highest BCUT2D eigenvalue weighted by atomic mass is 35.5. The molecule has 0 bridgehead atoms. The molecule has 2 atom stereocenters. The Labute approximate surface area is 387 Å². The predicted molar refractivity (Wildman–Crippen MR) is 233 cm³/mol. The molecule has 1 aliphatic heterocycles. The number of nitrogens with zero attached hydrogens (tertiary/aromatic N) is 1. The van der Waals surface area contributed by atoms with Gasteiger partial charge < -0.3 is 36.2 Å². The summed E-state index contributed by atoms with van der Waals surface area (Å²) in [6.07, 6.45) is -0.310. The van der Waals surface area contributed by atoms with Gasteiger partial charge in [0.2, 0.25) is 5.91 Å². The molecule has 0 radical (unpaired) electrons. The summed E-state index contributed by atoms with van der Waals surface area (Å²) in [5.41, 5.74) is 1.28. The number of aliphatic carboxylic acids is 3. The molecule has 1 unspecified atom stereocenters. The molecule has 0 saturated heterocycles. The van der Waals surface area contributed by atoms with E-state index in [9.17, 15) is 48.3 Å². The number of hydrogen-bond acceptors (Lipinski definition) is 9. The van der Waals surface area contributed by atoms with Crippen LogP contribution in [-0.4, -0.2) is 95.8 Å². The lowest BCUT2D eigenvalue weighted by molar-refractivity contribution is -0.147. The molecule has 0 spiro atoms. The number of aryl methyl sites for hydroxylation is 1. The second kappa shape index (κ2) is 24.0. The normalized spacial score (nSPS) is 12.0. The summed E-state index contributed by atoms with van der Waals surface area (Å²) in [7, 11) is 0. The summed E-state index contributed by atoms with van der Waals surface area (Å²) in [4.78, 5) is 100. The summed E-state index contributed by atoms with van der Waals surface area (Å²) >= 11 is 35.1. The van der Waals surface area contributed by atoms with Gasteiger partial charge in [-0.05, 0) is 61.9 Å². The zero-order valence-corrected chi connectivity index (χ0v) is 37.1. The number of benzene rings is 4. The average Bonchev–Trinajstić information content (AvgIpc) is 3.48. The van der Waals surface area contributed by atoms with Gasteiger partial charge in [0.1, 0.15) is 11.9 Å². The lowest BCUT2D eigenvalue weighted by Gasteiger charge is -2.17. The number of carbonyl (C=O) groups is 9. The molecule has 0 saturated carbocycles. The summed E-state index contributed by atoms with van der Waals surface area (Å²) < 4.78 is 0. The molecule has 23 heteroatoms. The highest BCUT2D eigenvalue weighted by molar-refractivity contribution is 6.54. The number of carboxylic acids is 5. The fourth-order valence-electron chi connectivity index (χ4n) is 4.92. The number of nitrogens with one attached hydrogen (secondary N) is 2. The van der Waals surface area contributed by atoms with Crippen LogP contribution in [0, 0.1) is 12.8 Å². The SMILES string of the molecule is CC(C(=O)O)N1C(=O)c2ccccc2C1=O.C[C@@H](CC(=O)O)C(=O)O.Cc1cccc(Cl)c1NC(=O)c1c(Cl)c(Cl)c(Cl)c(Cl)c1C(=O)O.O=C(CCl)Nc1ccc(C(=O)O)cc1. The van der Waals surface area contributed by atoms with Crippen molar-refractivity contribution in [2.45, 2.75) is 33.2 Å². The number of carbonyl (C=O) groups excluding carboxylic acids is 4. The van der Waals surface area contributed by atoms with Gasteiger partial charge in [0.05, 0.1) is 71.0 Å². The molecule has 5 rings (SSSR count). The van der Waals surface area contributed by atoms with Gasteiger partial charge >= 0.3 is 29.8 Å². The number of fused-ring (bicyclic) bond motifs is 1.